The zero-order chi connectivity index (χ0) is 27.0. The van der Waals surface area contributed by atoms with Gasteiger partial charge in [-0.3, -0.25) is 9.59 Å². The zero-order valence-electron chi connectivity index (χ0n) is 22.3. The first kappa shape index (κ1) is 26.5. The van der Waals surface area contributed by atoms with E-state index in [1.807, 2.05) is 77.8 Å². The second-order valence-electron chi connectivity index (χ2n) is 10.0. The predicted octanol–water partition coefficient (Wildman–Crippen LogP) is 4.96. The number of ether oxygens (including phenoxy) is 2. The van der Waals surface area contributed by atoms with E-state index in [1.165, 1.54) is 10.9 Å². The molecule has 1 aliphatic rings. The molecule has 2 amide bonds. The van der Waals surface area contributed by atoms with Crippen molar-refractivity contribution in [3.63, 3.8) is 0 Å². The van der Waals surface area contributed by atoms with Gasteiger partial charge in [-0.05, 0) is 54.2 Å². The van der Waals surface area contributed by atoms with E-state index in [9.17, 15) is 9.59 Å². The fourth-order valence-corrected chi connectivity index (χ4v) is 4.80. The fourth-order valence-electron chi connectivity index (χ4n) is 4.80. The Kier molecular flexibility index (Phi) is 8.58. The number of para-hydroxylation sites is 1. The van der Waals surface area contributed by atoms with Crippen LogP contribution in [0.15, 0.2) is 85.1 Å². The second kappa shape index (κ2) is 12.6. The molecule has 202 valence electrons. The van der Waals surface area contributed by atoms with Gasteiger partial charge in [-0.15, -0.1) is 0 Å². The molecule has 0 spiro atoms. The lowest BCUT2D eigenvalue weighted by Crippen LogP contribution is -2.45. The van der Waals surface area contributed by atoms with Crippen LogP contribution >= 0.6 is 0 Å². The van der Waals surface area contributed by atoms with Gasteiger partial charge in [-0.1, -0.05) is 60.7 Å². The summed E-state index contributed by atoms with van der Waals surface area (Å²) in [5, 5.41) is 1.17. The number of carbonyl (C=O) groups excluding carboxylic acids is 2. The molecule has 3 aromatic carbocycles. The van der Waals surface area contributed by atoms with E-state index in [4.69, 9.17) is 9.47 Å². The SMILES string of the molecule is COc1ccc(CN(CCc2c[nH]c3ccccc23)C(=O)CN(C(=O)COCc2ccccc2)C2CC2)cc1. The molecule has 4 aromatic rings. The van der Waals surface area contributed by atoms with Crippen LogP contribution in [0.25, 0.3) is 10.9 Å². The third kappa shape index (κ3) is 7.06. The summed E-state index contributed by atoms with van der Waals surface area (Å²) in [6, 6.07) is 25.8. The Morgan fingerprint density at radius 1 is 0.897 bits per heavy atom. The third-order valence-electron chi connectivity index (χ3n) is 7.16. The van der Waals surface area contributed by atoms with Crippen LogP contribution in [0, 0.1) is 0 Å². The maximum absolute atomic E-state index is 13.7. The van der Waals surface area contributed by atoms with Crippen LogP contribution in [0.2, 0.25) is 0 Å². The number of H-pyrrole nitrogens is 1. The molecule has 7 nitrogen and oxygen atoms in total. The molecule has 39 heavy (non-hydrogen) atoms. The number of nitrogens with one attached hydrogen (secondary N) is 1. The van der Waals surface area contributed by atoms with E-state index in [0.717, 1.165) is 35.2 Å². The first-order chi connectivity index (χ1) is 19.1. The van der Waals surface area contributed by atoms with Crippen molar-refractivity contribution in [2.24, 2.45) is 0 Å². The van der Waals surface area contributed by atoms with E-state index in [-0.39, 0.29) is 31.0 Å². The van der Waals surface area contributed by atoms with E-state index in [2.05, 4.69) is 17.1 Å². The zero-order valence-corrected chi connectivity index (χ0v) is 22.3. The molecular weight excluding hydrogens is 490 g/mol. The highest BCUT2D eigenvalue weighted by Crippen LogP contribution is 2.27. The quantitative estimate of drug-likeness (QED) is 0.268. The molecule has 1 aliphatic carbocycles. The minimum atomic E-state index is -0.136. The highest BCUT2D eigenvalue weighted by Gasteiger charge is 2.34. The van der Waals surface area contributed by atoms with Crippen LogP contribution in [0.1, 0.15) is 29.5 Å². The lowest BCUT2D eigenvalue weighted by atomic mass is 10.1. The largest absolute Gasteiger partial charge is 0.497 e. The number of aromatic amines is 1. The summed E-state index contributed by atoms with van der Waals surface area (Å²) >= 11 is 0. The Hall–Kier alpha value is -4.10. The van der Waals surface area contributed by atoms with Crippen molar-refractivity contribution in [2.75, 3.05) is 26.8 Å². The average Bonchev–Trinajstić information content (AvgIpc) is 3.74. The molecule has 1 fully saturated rings. The molecule has 0 atom stereocenters. The van der Waals surface area contributed by atoms with Gasteiger partial charge < -0.3 is 24.3 Å². The third-order valence-corrected chi connectivity index (χ3v) is 7.16. The van der Waals surface area contributed by atoms with Crippen molar-refractivity contribution in [3.8, 4) is 5.75 Å². The number of aromatic nitrogens is 1. The molecule has 0 aliphatic heterocycles. The van der Waals surface area contributed by atoms with Crippen molar-refractivity contribution in [1.82, 2.24) is 14.8 Å². The molecule has 1 saturated carbocycles. The van der Waals surface area contributed by atoms with Crippen LogP contribution in [-0.2, 0) is 33.9 Å². The van der Waals surface area contributed by atoms with Crippen LogP contribution in [0.4, 0.5) is 0 Å². The number of nitrogens with zero attached hydrogens (tertiary/aromatic N) is 2. The van der Waals surface area contributed by atoms with Gasteiger partial charge in [0.2, 0.25) is 11.8 Å². The predicted molar refractivity (Wildman–Crippen MR) is 151 cm³/mol. The van der Waals surface area contributed by atoms with Gasteiger partial charge >= 0.3 is 0 Å². The summed E-state index contributed by atoms with van der Waals surface area (Å²) < 4.78 is 11.0. The Balaban J connectivity index is 1.26. The second-order valence-corrected chi connectivity index (χ2v) is 10.0. The lowest BCUT2D eigenvalue weighted by Gasteiger charge is -2.28. The lowest BCUT2D eigenvalue weighted by molar-refractivity contribution is -0.144. The number of methoxy groups -OCH3 is 1. The first-order valence-corrected chi connectivity index (χ1v) is 13.5. The van der Waals surface area contributed by atoms with Crippen molar-refractivity contribution < 1.29 is 19.1 Å². The summed E-state index contributed by atoms with van der Waals surface area (Å²) in [4.78, 5) is 33.7. The molecule has 0 unspecified atom stereocenters. The van der Waals surface area contributed by atoms with Crippen LogP contribution in [-0.4, -0.2) is 59.4 Å². The van der Waals surface area contributed by atoms with Crippen LogP contribution in [0.5, 0.6) is 5.75 Å². The smallest absolute Gasteiger partial charge is 0.249 e. The summed E-state index contributed by atoms with van der Waals surface area (Å²) in [7, 11) is 1.64. The highest BCUT2D eigenvalue weighted by molar-refractivity contribution is 5.86. The minimum absolute atomic E-state index is 0.0352. The van der Waals surface area contributed by atoms with Gasteiger partial charge in [0.25, 0.3) is 0 Å². The summed E-state index contributed by atoms with van der Waals surface area (Å²) in [6.07, 6.45) is 4.57. The molecule has 0 bridgehead atoms. The van der Waals surface area contributed by atoms with E-state index < -0.39 is 0 Å². The van der Waals surface area contributed by atoms with Gasteiger partial charge in [0.15, 0.2) is 0 Å². The normalized spacial score (nSPS) is 12.8. The minimum Gasteiger partial charge on any atom is -0.497 e. The average molecular weight is 526 g/mol. The molecular formula is C32H35N3O4. The molecule has 0 saturated heterocycles. The number of hydrogen-bond acceptors (Lipinski definition) is 4. The molecule has 0 radical (unpaired) electrons. The van der Waals surface area contributed by atoms with Crippen molar-refractivity contribution >= 4 is 22.7 Å². The fraction of sp³-hybridized carbons (Fsp3) is 0.312. The summed E-state index contributed by atoms with van der Waals surface area (Å²) in [5.74, 6) is 0.577. The molecule has 1 heterocycles. The van der Waals surface area contributed by atoms with Gasteiger partial charge in [0.05, 0.1) is 13.7 Å². The van der Waals surface area contributed by atoms with Crippen molar-refractivity contribution in [2.45, 2.75) is 38.5 Å². The first-order valence-electron chi connectivity index (χ1n) is 13.5. The molecule has 1 aromatic heterocycles. The van der Waals surface area contributed by atoms with Gasteiger partial charge in [-0.25, -0.2) is 0 Å². The molecule has 1 N–H and O–H groups in total. The number of fused-ring (bicyclic) bond motifs is 1. The number of hydrogen-bond donors (Lipinski definition) is 1. The van der Waals surface area contributed by atoms with Crippen LogP contribution < -0.4 is 4.74 Å². The number of rotatable bonds is 13. The van der Waals surface area contributed by atoms with Gasteiger partial charge in [-0.2, -0.15) is 0 Å². The van der Waals surface area contributed by atoms with Gasteiger partial charge in [0, 0.05) is 36.2 Å². The van der Waals surface area contributed by atoms with E-state index in [0.29, 0.717) is 26.1 Å². The molecule has 5 rings (SSSR count). The van der Waals surface area contributed by atoms with E-state index in [1.54, 1.807) is 12.0 Å². The maximum atomic E-state index is 13.7. The number of benzene rings is 3. The van der Waals surface area contributed by atoms with Crippen LogP contribution in [0.3, 0.4) is 0 Å². The van der Waals surface area contributed by atoms with E-state index >= 15 is 0 Å². The Labute approximate surface area is 229 Å². The van der Waals surface area contributed by atoms with Crippen molar-refractivity contribution in [3.05, 3.63) is 102 Å². The standard InChI is InChI=1S/C32H35N3O4/c1-38-28-15-11-24(12-16-28)20-34(18-17-26-19-33-30-10-6-5-9-29(26)30)31(36)21-35(27-13-14-27)32(37)23-39-22-25-7-3-2-4-8-25/h2-12,15-16,19,27,33H,13-14,17-18,20-23H2,1H3. The Morgan fingerprint density at radius 3 is 2.38 bits per heavy atom. The topological polar surface area (TPSA) is 74.9 Å². The van der Waals surface area contributed by atoms with Gasteiger partial charge in [0.1, 0.15) is 18.9 Å². The Morgan fingerprint density at radius 2 is 1.64 bits per heavy atom. The monoisotopic (exact) mass is 525 g/mol. The maximum Gasteiger partial charge on any atom is 0.249 e. The summed E-state index contributed by atoms with van der Waals surface area (Å²) in [5.41, 5.74) is 4.28. The number of amides is 2. The van der Waals surface area contributed by atoms with Crippen molar-refractivity contribution in [1.29, 1.82) is 0 Å². The molecule has 7 heteroatoms. The Bertz CT molecular complexity index is 1380. The number of carbonyl (C=O) groups is 2. The summed E-state index contributed by atoms with van der Waals surface area (Å²) in [6.45, 7) is 1.40. The highest BCUT2D eigenvalue weighted by atomic mass is 16.5.